The van der Waals surface area contributed by atoms with E-state index in [1.165, 1.54) is 36.8 Å². The minimum absolute atomic E-state index is 0. The molecule has 106 valence electrons. The molecule has 0 N–H and O–H groups in total. The normalized spacial score (nSPS) is 14.2. The van der Waals surface area contributed by atoms with Crippen molar-refractivity contribution in [2.75, 3.05) is 0 Å². The summed E-state index contributed by atoms with van der Waals surface area (Å²) in [6.45, 7) is 4.39. The van der Waals surface area contributed by atoms with Gasteiger partial charge in [0.25, 0.3) is 0 Å². The third-order valence-electron chi connectivity index (χ3n) is 2.57. The van der Waals surface area contributed by atoms with Crippen molar-refractivity contribution in [1.82, 2.24) is 0 Å². The fraction of sp³-hybridized carbons (Fsp3) is 0.500. The van der Waals surface area contributed by atoms with E-state index in [9.17, 15) is 0 Å². The largest absolute Gasteiger partial charge is 2.00 e. The molecule has 2 aliphatic rings. The van der Waals surface area contributed by atoms with Crippen molar-refractivity contribution in [2.45, 2.75) is 52.4 Å². The van der Waals surface area contributed by atoms with Crippen molar-refractivity contribution in [3.63, 3.8) is 0 Å². The Balaban J connectivity index is -0.000000233. The average Bonchev–Trinajstić information content (AvgIpc) is 2.92. The summed E-state index contributed by atoms with van der Waals surface area (Å²) in [6.07, 6.45) is 22.2. The van der Waals surface area contributed by atoms with Gasteiger partial charge in [-0.3, -0.25) is 21.6 Å². The standard InChI is InChI=1S/2C8H11.2FH.Ti/c2*1-2-5-8-6-3-4-7-8;;;/h2*3,6H,2,4-5H2,1H3;2*1H;/q2*-1;;;+2. The Labute approximate surface area is 131 Å². The van der Waals surface area contributed by atoms with Crippen molar-refractivity contribution in [3.8, 4) is 0 Å². The number of allylic oxidation sites excluding steroid dienone is 8. The van der Waals surface area contributed by atoms with Crippen LogP contribution in [-0.4, -0.2) is 0 Å². The monoisotopic (exact) mass is 302 g/mol. The van der Waals surface area contributed by atoms with Gasteiger partial charge in [0.05, 0.1) is 0 Å². The summed E-state index contributed by atoms with van der Waals surface area (Å²) in [5, 5.41) is 0. The minimum atomic E-state index is 0. The SMILES string of the molecule is CCCC1=[C-]CC=C1.CCCC1=[C-]CC=C1.F.F.[Ti+2]. The van der Waals surface area contributed by atoms with Gasteiger partial charge >= 0.3 is 21.7 Å². The summed E-state index contributed by atoms with van der Waals surface area (Å²) in [7, 11) is 0. The first-order valence-corrected chi connectivity index (χ1v) is 6.39. The van der Waals surface area contributed by atoms with Crippen LogP contribution in [0.1, 0.15) is 52.4 Å². The second-order valence-electron chi connectivity index (χ2n) is 4.12. The Bertz CT molecular complexity index is 283. The molecule has 19 heavy (non-hydrogen) atoms. The van der Waals surface area contributed by atoms with Gasteiger partial charge in [-0.15, -0.1) is 12.8 Å². The molecule has 0 amide bonds. The zero-order valence-electron chi connectivity index (χ0n) is 11.9. The summed E-state index contributed by atoms with van der Waals surface area (Å²) >= 11 is 0. The van der Waals surface area contributed by atoms with E-state index >= 15 is 0 Å². The number of halogens is 2. The molecule has 0 aromatic rings. The van der Waals surface area contributed by atoms with Crippen LogP contribution in [-0.2, 0) is 21.7 Å². The molecule has 0 nitrogen and oxygen atoms in total. The first-order valence-electron chi connectivity index (χ1n) is 6.39. The van der Waals surface area contributed by atoms with Gasteiger partial charge in [-0.25, -0.2) is 23.3 Å². The fourth-order valence-corrected chi connectivity index (χ4v) is 1.78. The van der Waals surface area contributed by atoms with Gasteiger partial charge in [0.1, 0.15) is 0 Å². The third-order valence-corrected chi connectivity index (χ3v) is 2.57. The molecule has 2 aliphatic carbocycles. The molecule has 0 unspecified atom stereocenters. The van der Waals surface area contributed by atoms with Gasteiger partial charge in [-0.1, -0.05) is 39.5 Å². The number of hydrogen-bond acceptors (Lipinski definition) is 0. The van der Waals surface area contributed by atoms with Gasteiger partial charge in [-0.2, -0.15) is 12.2 Å². The Kier molecular flexibility index (Phi) is 19.4. The van der Waals surface area contributed by atoms with Crippen LogP contribution in [0.2, 0.25) is 0 Å². The van der Waals surface area contributed by atoms with E-state index in [2.05, 4.69) is 50.3 Å². The van der Waals surface area contributed by atoms with Gasteiger partial charge < -0.3 is 0 Å². The van der Waals surface area contributed by atoms with E-state index in [1.54, 1.807) is 0 Å². The smallest absolute Gasteiger partial charge is 0.269 e. The van der Waals surface area contributed by atoms with E-state index in [0.29, 0.717) is 0 Å². The van der Waals surface area contributed by atoms with Crippen LogP contribution >= 0.6 is 0 Å². The summed E-state index contributed by atoms with van der Waals surface area (Å²) < 4.78 is 0. The van der Waals surface area contributed by atoms with Crippen molar-refractivity contribution in [1.29, 1.82) is 0 Å². The van der Waals surface area contributed by atoms with E-state index in [-0.39, 0.29) is 31.1 Å². The molecule has 2 rings (SSSR count). The molecule has 0 aromatic heterocycles. The molecule has 0 saturated carbocycles. The molecule has 0 saturated heterocycles. The molecule has 0 aromatic carbocycles. The zero-order chi connectivity index (χ0) is 11.6. The molecule has 0 aliphatic heterocycles. The van der Waals surface area contributed by atoms with Crippen molar-refractivity contribution in [3.05, 3.63) is 47.6 Å². The Morgan fingerprint density at radius 3 is 1.42 bits per heavy atom. The van der Waals surface area contributed by atoms with E-state index in [0.717, 1.165) is 12.8 Å². The summed E-state index contributed by atoms with van der Waals surface area (Å²) in [5.74, 6) is 0. The molecular formula is C16H24F2Ti. The van der Waals surface area contributed by atoms with Crippen LogP contribution in [0.25, 0.3) is 0 Å². The minimum Gasteiger partial charge on any atom is -0.269 e. The maximum absolute atomic E-state index is 3.26. The zero-order valence-corrected chi connectivity index (χ0v) is 13.4. The second kappa shape index (κ2) is 15.6. The van der Waals surface area contributed by atoms with Crippen LogP contribution in [0.4, 0.5) is 9.41 Å². The van der Waals surface area contributed by atoms with Gasteiger partial charge in [0.2, 0.25) is 0 Å². The van der Waals surface area contributed by atoms with Gasteiger partial charge in [0, 0.05) is 0 Å². The fourth-order valence-electron chi connectivity index (χ4n) is 1.78. The first-order chi connectivity index (χ1) is 7.86. The predicted molar refractivity (Wildman–Crippen MR) is 75.8 cm³/mol. The first kappa shape index (κ1) is 23.6. The molecular weight excluding hydrogens is 278 g/mol. The van der Waals surface area contributed by atoms with Crippen LogP contribution in [0.15, 0.2) is 35.5 Å². The molecule has 0 bridgehead atoms. The Morgan fingerprint density at radius 2 is 1.21 bits per heavy atom. The third kappa shape index (κ3) is 11.1. The second-order valence-corrected chi connectivity index (χ2v) is 4.12. The van der Waals surface area contributed by atoms with E-state index in [1.807, 2.05) is 0 Å². The average molecular weight is 302 g/mol. The van der Waals surface area contributed by atoms with Crippen molar-refractivity contribution in [2.24, 2.45) is 0 Å². The number of hydrogen-bond donors (Lipinski definition) is 0. The van der Waals surface area contributed by atoms with Crippen molar-refractivity contribution >= 4 is 0 Å². The van der Waals surface area contributed by atoms with Crippen LogP contribution in [0.3, 0.4) is 0 Å². The molecule has 0 atom stereocenters. The van der Waals surface area contributed by atoms with Crippen LogP contribution in [0.5, 0.6) is 0 Å². The summed E-state index contributed by atoms with van der Waals surface area (Å²) in [6, 6.07) is 0. The predicted octanol–water partition coefficient (Wildman–Crippen LogP) is 5.25. The number of rotatable bonds is 4. The van der Waals surface area contributed by atoms with E-state index in [4.69, 9.17) is 0 Å². The topological polar surface area (TPSA) is 0 Å². The van der Waals surface area contributed by atoms with Crippen LogP contribution in [0, 0.1) is 12.2 Å². The van der Waals surface area contributed by atoms with Gasteiger partial charge in [-0.05, 0) is 0 Å². The quantitative estimate of drug-likeness (QED) is 0.491. The maximum Gasteiger partial charge on any atom is 2.00 e. The molecule has 0 heterocycles. The molecule has 3 heteroatoms. The summed E-state index contributed by atoms with van der Waals surface area (Å²) in [5.41, 5.74) is 2.79. The van der Waals surface area contributed by atoms with Gasteiger partial charge in [0.15, 0.2) is 0 Å². The summed E-state index contributed by atoms with van der Waals surface area (Å²) in [4.78, 5) is 0. The Morgan fingerprint density at radius 1 is 0.842 bits per heavy atom. The van der Waals surface area contributed by atoms with Crippen molar-refractivity contribution < 1.29 is 31.1 Å². The van der Waals surface area contributed by atoms with Crippen LogP contribution < -0.4 is 0 Å². The molecule has 0 spiro atoms. The van der Waals surface area contributed by atoms with E-state index < -0.39 is 0 Å². The maximum atomic E-state index is 3.26. The molecule has 0 radical (unpaired) electrons. The molecule has 0 fully saturated rings. The Hall–Kier alpha value is -0.466.